The third-order valence-corrected chi connectivity index (χ3v) is 3.70. The molecular formula is C15H17ClN2O4. The number of benzene rings is 1. The summed E-state index contributed by atoms with van der Waals surface area (Å²) in [5.41, 5.74) is 1.16. The fraction of sp³-hybridized carbons (Fsp3) is 0.333. The molecule has 0 aliphatic carbocycles. The van der Waals surface area contributed by atoms with E-state index in [0.717, 1.165) is 5.56 Å². The fourth-order valence-electron chi connectivity index (χ4n) is 1.98. The average molecular weight is 325 g/mol. The summed E-state index contributed by atoms with van der Waals surface area (Å²) in [4.78, 5) is 16.2. The van der Waals surface area contributed by atoms with Crippen molar-refractivity contribution in [2.24, 2.45) is 7.05 Å². The third-order valence-electron chi connectivity index (χ3n) is 3.35. The van der Waals surface area contributed by atoms with Gasteiger partial charge in [-0.1, -0.05) is 11.6 Å². The number of aromatic nitrogens is 2. The topological polar surface area (TPSA) is 62.6 Å². The number of hydrogen-bond donors (Lipinski definition) is 0. The molecule has 118 valence electrons. The number of esters is 1. The summed E-state index contributed by atoms with van der Waals surface area (Å²) in [5.74, 6) is 1.19. The lowest BCUT2D eigenvalue weighted by atomic mass is 10.1. The summed E-state index contributed by atoms with van der Waals surface area (Å²) in [6, 6.07) is 3.23. The van der Waals surface area contributed by atoms with Crippen LogP contribution < -0.4 is 9.47 Å². The molecule has 0 saturated heterocycles. The molecule has 0 aliphatic rings. The molecule has 0 fully saturated rings. The van der Waals surface area contributed by atoms with Gasteiger partial charge in [0.25, 0.3) is 0 Å². The van der Waals surface area contributed by atoms with Crippen molar-refractivity contribution in [1.29, 1.82) is 0 Å². The van der Waals surface area contributed by atoms with Crippen LogP contribution in [0.5, 0.6) is 11.5 Å². The molecular weight excluding hydrogens is 308 g/mol. The van der Waals surface area contributed by atoms with Crippen LogP contribution in [0, 0.1) is 6.92 Å². The van der Waals surface area contributed by atoms with Gasteiger partial charge in [0.2, 0.25) is 0 Å². The maximum absolute atomic E-state index is 12.2. The van der Waals surface area contributed by atoms with E-state index in [1.54, 1.807) is 23.7 Å². The molecule has 7 heteroatoms. The Bertz CT molecular complexity index is 672. The normalized spacial score (nSPS) is 10.4. The minimum Gasteiger partial charge on any atom is -0.496 e. The van der Waals surface area contributed by atoms with Crippen LogP contribution in [0.15, 0.2) is 18.3 Å². The zero-order chi connectivity index (χ0) is 16.3. The Balaban J connectivity index is 2.17. The molecule has 0 saturated carbocycles. The second-order valence-corrected chi connectivity index (χ2v) is 5.03. The Kier molecular flexibility index (Phi) is 4.92. The molecule has 2 rings (SSSR count). The molecule has 0 radical (unpaired) electrons. The SMILES string of the molecule is COc1cc(C(=O)OCc2ncc(Cl)n2C)cc(OC)c1C. The number of halogens is 1. The van der Waals surface area contributed by atoms with Gasteiger partial charge in [0, 0.05) is 12.6 Å². The summed E-state index contributed by atoms with van der Waals surface area (Å²) in [7, 11) is 4.82. The van der Waals surface area contributed by atoms with E-state index in [-0.39, 0.29) is 6.61 Å². The van der Waals surface area contributed by atoms with Crippen LogP contribution in [0.4, 0.5) is 0 Å². The number of carbonyl (C=O) groups is 1. The van der Waals surface area contributed by atoms with Crippen molar-refractivity contribution in [2.75, 3.05) is 14.2 Å². The molecule has 0 unspecified atom stereocenters. The van der Waals surface area contributed by atoms with Gasteiger partial charge in [-0.15, -0.1) is 0 Å². The molecule has 6 nitrogen and oxygen atoms in total. The quantitative estimate of drug-likeness (QED) is 0.791. The Morgan fingerprint density at radius 3 is 2.32 bits per heavy atom. The van der Waals surface area contributed by atoms with Crippen molar-refractivity contribution >= 4 is 17.6 Å². The van der Waals surface area contributed by atoms with Crippen molar-refractivity contribution in [1.82, 2.24) is 9.55 Å². The van der Waals surface area contributed by atoms with Gasteiger partial charge >= 0.3 is 5.97 Å². The molecule has 0 aliphatic heterocycles. The number of rotatable bonds is 5. The number of hydrogen-bond acceptors (Lipinski definition) is 5. The number of methoxy groups -OCH3 is 2. The predicted octanol–water partition coefficient (Wildman–Crippen LogP) is 2.76. The minimum atomic E-state index is -0.490. The zero-order valence-electron chi connectivity index (χ0n) is 12.8. The lowest BCUT2D eigenvalue weighted by Gasteiger charge is -2.12. The first-order valence-electron chi connectivity index (χ1n) is 6.53. The Hall–Kier alpha value is -2.21. The lowest BCUT2D eigenvalue weighted by Crippen LogP contribution is -2.09. The predicted molar refractivity (Wildman–Crippen MR) is 81.6 cm³/mol. The molecule has 1 aromatic heterocycles. The highest BCUT2D eigenvalue weighted by atomic mass is 35.5. The van der Waals surface area contributed by atoms with Crippen molar-refractivity contribution in [3.05, 3.63) is 40.4 Å². The molecule has 1 aromatic carbocycles. The van der Waals surface area contributed by atoms with Gasteiger partial charge < -0.3 is 18.8 Å². The van der Waals surface area contributed by atoms with Gasteiger partial charge in [-0.2, -0.15) is 0 Å². The second-order valence-electron chi connectivity index (χ2n) is 4.64. The van der Waals surface area contributed by atoms with Crippen molar-refractivity contribution in [3.8, 4) is 11.5 Å². The van der Waals surface area contributed by atoms with Gasteiger partial charge in [-0.25, -0.2) is 9.78 Å². The Labute approximate surface area is 133 Å². The Morgan fingerprint density at radius 2 is 1.86 bits per heavy atom. The standard InChI is InChI=1S/C15H17ClN2O4/c1-9-11(20-3)5-10(6-12(9)21-4)15(19)22-8-14-17-7-13(16)18(14)2/h5-7H,8H2,1-4H3. The molecule has 0 spiro atoms. The molecule has 2 aromatic rings. The Morgan fingerprint density at radius 1 is 1.27 bits per heavy atom. The maximum Gasteiger partial charge on any atom is 0.338 e. The number of ether oxygens (including phenoxy) is 3. The first-order chi connectivity index (χ1) is 10.5. The molecule has 22 heavy (non-hydrogen) atoms. The third kappa shape index (κ3) is 3.17. The van der Waals surface area contributed by atoms with Crippen LogP contribution in [-0.2, 0) is 18.4 Å². The second kappa shape index (κ2) is 6.70. The maximum atomic E-state index is 12.2. The van der Waals surface area contributed by atoms with E-state index in [0.29, 0.717) is 28.0 Å². The van der Waals surface area contributed by atoms with E-state index >= 15 is 0 Å². The zero-order valence-corrected chi connectivity index (χ0v) is 13.6. The lowest BCUT2D eigenvalue weighted by molar-refractivity contribution is 0.0458. The van der Waals surface area contributed by atoms with Crippen LogP contribution in [0.3, 0.4) is 0 Å². The van der Waals surface area contributed by atoms with Gasteiger partial charge in [-0.3, -0.25) is 0 Å². The first-order valence-corrected chi connectivity index (χ1v) is 6.91. The van der Waals surface area contributed by atoms with E-state index < -0.39 is 5.97 Å². The van der Waals surface area contributed by atoms with Crippen LogP contribution in [0.1, 0.15) is 21.7 Å². The molecule has 0 N–H and O–H groups in total. The monoisotopic (exact) mass is 324 g/mol. The summed E-state index contributed by atoms with van der Waals surface area (Å²) in [6.07, 6.45) is 1.50. The van der Waals surface area contributed by atoms with Crippen molar-refractivity contribution < 1.29 is 19.0 Å². The van der Waals surface area contributed by atoms with Crippen molar-refractivity contribution in [3.63, 3.8) is 0 Å². The van der Waals surface area contributed by atoms with Gasteiger partial charge in [0.1, 0.15) is 29.1 Å². The van der Waals surface area contributed by atoms with Gasteiger partial charge in [0.05, 0.1) is 26.0 Å². The highest BCUT2D eigenvalue weighted by Gasteiger charge is 2.16. The van der Waals surface area contributed by atoms with Crippen LogP contribution >= 0.6 is 11.6 Å². The highest BCUT2D eigenvalue weighted by Crippen LogP contribution is 2.29. The smallest absolute Gasteiger partial charge is 0.338 e. The molecule has 0 amide bonds. The van der Waals surface area contributed by atoms with Crippen molar-refractivity contribution in [2.45, 2.75) is 13.5 Å². The van der Waals surface area contributed by atoms with E-state index in [1.165, 1.54) is 20.4 Å². The van der Waals surface area contributed by atoms with Gasteiger partial charge in [-0.05, 0) is 19.1 Å². The number of carbonyl (C=O) groups excluding carboxylic acids is 1. The van der Waals surface area contributed by atoms with E-state index in [9.17, 15) is 4.79 Å². The molecule has 0 bridgehead atoms. The van der Waals surface area contributed by atoms with Gasteiger partial charge in [0.15, 0.2) is 0 Å². The van der Waals surface area contributed by atoms with Crippen LogP contribution in [0.2, 0.25) is 5.15 Å². The van der Waals surface area contributed by atoms with E-state index in [2.05, 4.69) is 4.98 Å². The largest absolute Gasteiger partial charge is 0.496 e. The minimum absolute atomic E-state index is 0.0283. The van der Waals surface area contributed by atoms with Crippen LogP contribution in [0.25, 0.3) is 0 Å². The van der Waals surface area contributed by atoms with E-state index in [4.69, 9.17) is 25.8 Å². The van der Waals surface area contributed by atoms with Crippen LogP contribution in [-0.4, -0.2) is 29.7 Å². The number of nitrogens with zero attached hydrogens (tertiary/aromatic N) is 2. The number of imidazole rings is 1. The molecule has 0 atom stereocenters. The highest BCUT2D eigenvalue weighted by molar-refractivity contribution is 6.29. The first kappa shape index (κ1) is 16.2. The average Bonchev–Trinajstić information content (AvgIpc) is 2.84. The summed E-state index contributed by atoms with van der Waals surface area (Å²) < 4.78 is 17.4. The summed E-state index contributed by atoms with van der Waals surface area (Å²) in [5, 5.41) is 0.477. The summed E-state index contributed by atoms with van der Waals surface area (Å²) >= 11 is 5.89. The molecule has 1 heterocycles. The summed E-state index contributed by atoms with van der Waals surface area (Å²) in [6.45, 7) is 1.88. The van der Waals surface area contributed by atoms with E-state index in [1.807, 2.05) is 6.92 Å². The fourth-order valence-corrected chi connectivity index (χ4v) is 2.12.